The third kappa shape index (κ3) is 3.98. The zero-order valence-electron chi connectivity index (χ0n) is 17.5. The van der Waals surface area contributed by atoms with Crippen molar-refractivity contribution in [1.82, 2.24) is 29.9 Å². The highest BCUT2D eigenvalue weighted by atomic mass is 16.2. The number of carbonyl (C=O) groups excluding carboxylic acids is 1. The molecule has 8 nitrogen and oxygen atoms in total. The van der Waals surface area contributed by atoms with E-state index in [0.717, 1.165) is 33.3 Å². The molecule has 0 aliphatic heterocycles. The number of nitrogens with zero attached hydrogens (tertiary/aromatic N) is 6. The largest absolute Gasteiger partial charge is 0.322 e. The van der Waals surface area contributed by atoms with Gasteiger partial charge in [-0.05, 0) is 59.3 Å². The van der Waals surface area contributed by atoms with E-state index >= 15 is 0 Å². The van der Waals surface area contributed by atoms with E-state index in [4.69, 9.17) is 0 Å². The minimum absolute atomic E-state index is 0.213. The minimum Gasteiger partial charge on any atom is -0.316 e. The fraction of sp³-hybridized carbons (Fsp3) is 0.125. The fourth-order valence-electron chi connectivity index (χ4n) is 3.74. The number of urea groups is 1. The molecule has 0 aliphatic carbocycles. The zero-order valence-corrected chi connectivity index (χ0v) is 17.5. The van der Waals surface area contributed by atoms with Crippen molar-refractivity contribution >= 4 is 28.3 Å². The molecule has 5 aromatic rings. The smallest absolute Gasteiger partial charge is 0.316 e. The first-order valence-electron chi connectivity index (χ1n) is 10.3. The van der Waals surface area contributed by atoms with Crippen LogP contribution in [0.1, 0.15) is 16.7 Å². The van der Waals surface area contributed by atoms with E-state index in [0.29, 0.717) is 18.7 Å². The van der Waals surface area contributed by atoms with Gasteiger partial charge in [0.2, 0.25) is 0 Å². The molecule has 2 amide bonds. The molecule has 3 heterocycles. The highest BCUT2D eigenvalue weighted by Crippen LogP contribution is 2.22. The monoisotopic (exact) mass is 423 g/mol. The van der Waals surface area contributed by atoms with Crippen LogP contribution in [0.2, 0.25) is 0 Å². The van der Waals surface area contributed by atoms with Crippen molar-refractivity contribution in [2.24, 2.45) is 0 Å². The summed E-state index contributed by atoms with van der Waals surface area (Å²) in [6, 6.07) is 21.2. The van der Waals surface area contributed by atoms with Gasteiger partial charge in [-0.3, -0.25) is 4.98 Å². The van der Waals surface area contributed by atoms with Gasteiger partial charge in [0.1, 0.15) is 0 Å². The van der Waals surface area contributed by atoms with E-state index in [1.807, 2.05) is 61.5 Å². The number of amides is 2. The standard InChI is InChI=1S/C24H21N7O/c1-17-9-10-22-19(12-17)13-20(23-27-28-29-31(22)23)16-30(15-18-6-5-11-25-14-18)24(32)26-21-7-3-2-4-8-21/h2-14H,15-16H2,1H3,(H,26,32). The SMILES string of the molecule is Cc1ccc2c(c1)cc(CN(Cc1cccnc1)C(=O)Nc1ccccc1)c1nnnn12. The van der Waals surface area contributed by atoms with E-state index in [2.05, 4.69) is 38.0 Å². The van der Waals surface area contributed by atoms with Crippen LogP contribution >= 0.6 is 0 Å². The quantitative estimate of drug-likeness (QED) is 0.457. The number of nitrogens with one attached hydrogen (secondary N) is 1. The first-order valence-corrected chi connectivity index (χ1v) is 10.3. The van der Waals surface area contributed by atoms with Crippen molar-refractivity contribution in [1.29, 1.82) is 0 Å². The summed E-state index contributed by atoms with van der Waals surface area (Å²) in [6.07, 6.45) is 3.48. The molecule has 158 valence electrons. The van der Waals surface area contributed by atoms with Crippen LogP contribution in [0.25, 0.3) is 16.6 Å². The Morgan fingerprint density at radius 2 is 1.91 bits per heavy atom. The molecule has 0 saturated carbocycles. The Labute approximate surface area is 184 Å². The third-order valence-corrected chi connectivity index (χ3v) is 5.27. The molecule has 0 bridgehead atoms. The normalized spacial score (nSPS) is 11.0. The number of carbonyl (C=O) groups is 1. The van der Waals surface area contributed by atoms with Crippen molar-refractivity contribution in [3.63, 3.8) is 0 Å². The Balaban J connectivity index is 1.53. The summed E-state index contributed by atoms with van der Waals surface area (Å²) in [4.78, 5) is 19.2. The summed E-state index contributed by atoms with van der Waals surface area (Å²) in [5.41, 5.74) is 5.22. The van der Waals surface area contributed by atoms with Crippen LogP contribution in [0.5, 0.6) is 0 Å². The van der Waals surface area contributed by atoms with Crippen molar-refractivity contribution in [3.8, 4) is 0 Å². The zero-order chi connectivity index (χ0) is 21.9. The summed E-state index contributed by atoms with van der Waals surface area (Å²) < 4.78 is 1.72. The second-order valence-electron chi connectivity index (χ2n) is 7.66. The molecule has 5 rings (SSSR count). The second-order valence-corrected chi connectivity index (χ2v) is 7.66. The number of aryl methyl sites for hydroxylation is 1. The molecule has 0 unspecified atom stereocenters. The number of pyridine rings is 2. The molecule has 2 aromatic carbocycles. The number of benzene rings is 2. The van der Waals surface area contributed by atoms with E-state index in [1.165, 1.54) is 0 Å². The number of hydrogen-bond donors (Lipinski definition) is 1. The number of aromatic nitrogens is 5. The van der Waals surface area contributed by atoms with Gasteiger partial charge in [-0.25, -0.2) is 4.79 Å². The lowest BCUT2D eigenvalue weighted by Gasteiger charge is -2.23. The number of fused-ring (bicyclic) bond motifs is 3. The van der Waals surface area contributed by atoms with Gasteiger partial charge in [0.25, 0.3) is 0 Å². The van der Waals surface area contributed by atoms with Crippen molar-refractivity contribution in [2.45, 2.75) is 20.0 Å². The number of tetrazole rings is 1. The highest BCUT2D eigenvalue weighted by molar-refractivity contribution is 5.89. The van der Waals surface area contributed by atoms with Gasteiger partial charge >= 0.3 is 6.03 Å². The van der Waals surface area contributed by atoms with Crippen LogP contribution in [-0.2, 0) is 13.1 Å². The van der Waals surface area contributed by atoms with Crippen LogP contribution in [0.3, 0.4) is 0 Å². The molecule has 0 fully saturated rings. The molecule has 0 radical (unpaired) electrons. The van der Waals surface area contributed by atoms with Crippen LogP contribution in [0, 0.1) is 6.92 Å². The van der Waals surface area contributed by atoms with Gasteiger partial charge < -0.3 is 10.2 Å². The lowest BCUT2D eigenvalue weighted by Crippen LogP contribution is -2.34. The van der Waals surface area contributed by atoms with Crippen LogP contribution in [0.15, 0.2) is 79.1 Å². The average molecular weight is 423 g/mol. The van der Waals surface area contributed by atoms with Gasteiger partial charge in [0.15, 0.2) is 5.65 Å². The molecule has 3 aromatic heterocycles. The fourth-order valence-corrected chi connectivity index (χ4v) is 3.74. The van der Waals surface area contributed by atoms with Crippen molar-refractivity contribution in [2.75, 3.05) is 5.32 Å². The highest BCUT2D eigenvalue weighted by Gasteiger charge is 2.19. The Kier molecular flexibility index (Phi) is 5.17. The van der Waals surface area contributed by atoms with Gasteiger partial charge in [0.05, 0.1) is 12.1 Å². The molecule has 0 spiro atoms. The Morgan fingerprint density at radius 3 is 2.72 bits per heavy atom. The van der Waals surface area contributed by atoms with Gasteiger partial charge in [-0.1, -0.05) is 35.9 Å². The Hall–Kier alpha value is -4.33. The molecule has 8 heteroatoms. The Bertz CT molecular complexity index is 1380. The number of rotatable bonds is 5. The molecule has 0 atom stereocenters. The van der Waals surface area contributed by atoms with E-state index in [1.54, 1.807) is 21.8 Å². The van der Waals surface area contributed by atoms with Crippen LogP contribution in [-0.4, -0.2) is 36.0 Å². The number of hydrogen-bond acceptors (Lipinski definition) is 5. The summed E-state index contributed by atoms with van der Waals surface area (Å²) in [5.74, 6) is 0. The maximum absolute atomic E-state index is 13.2. The number of para-hydroxylation sites is 1. The maximum atomic E-state index is 13.2. The van der Waals surface area contributed by atoms with Crippen molar-refractivity contribution < 1.29 is 4.79 Å². The second kappa shape index (κ2) is 8.43. The molecule has 0 saturated heterocycles. The summed E-state index contributed by atoms with van der Waals surface area (Å²) in [6.45, 7) is 2.78. The molecular formula is C24H21N7O. The molecule has 0 aliphatic rings. The van der Waals surface area contributed by atoms with Crippen LogP contribution in [0.4, 0.5) is 10.5 Å². The topological polar surface area (TPSA) is 88.3 Å². The summed E-state index contributed by atoms with van der Waals surface area (Å²) in [5, 5.41) is 16.3. The van der Waals surface area contributed by atoms with E-state index in [-0.39, 0.29) is 6.03 Å². The first kappa shape index (κ1) is 19.6. The maximum Gasteiger partial charge on any atom is 0.322 e. The first-order chi connectivity index (χ1) is 15.7. The van der Waals surface area contributed by atoms with Crippen molar-refractivity contribution in [3.05, 3.63) is 95.8 Å². The number of anilines is 1. The predicted molar refractivity (Wildman–Crippen MR) is 122 cm³/mol. The Morgan fingerprint density at radius 1 is 1.03 bits per heavy atom. The predicted octanol–water partition coefficient (Wildman–Crippen LogP) is 4.22. The lowest BCUT2D eigenvalue weighted by molar-refractivity contribution is 0.206. The van der Waals surface area contributed by atoms with Crippen LogP contribution < -0.4 is 5.32 Å². The third-order valence-electron chi connectivity index (χ3n) is 5.27. The molecular weight excluding hydrogens is 402 g/mol. The van der Waals surface area contributed by atoms with Gasteiger partial charge in [0, 0.05) is 35.6 Å². The van der Waals surface area contributed by atoms with Gasteiger partial charge in [-0.15, -0.1) is 5.10 Å². The molecule has 1 N–H and O–H groups in total. The summed E-state index contributed by atoms with van der Waals surface area (Å²) in [7, 11) is 0. The minimum atomic E-state index is -0.213. The van der Waals surface area contributed by atoms with E-state index in [9.17, 15) is 4.79 Å². The molecule has 32 heavy (non-hydrogen) atoms. The average Bonchev–Trinajstić information content (AvgIpc) is 3.30. The lowest BCUT2D eigenvalue weighted by atomic mass is 10.1. The summed E-state index contributed by atoms with van der Waals surface area (Å²) >= 11 is 0. The van der Waals surface area contributed by atoms with Gasteiger partial charge in [-0.2, -0.15) is 4.52 Å². The van der Waals surface area contributed by atoms with E-state index < -0.39 is 0 Å².